The van der Waals surface area contributed by atoms with E-state index < -0.39 is 5.97 Å². The Morgan fingerprint density at radius 2 is 2.12 bits per heavy atom. The van der Waals surface area contributed by atoms with Crippen molar-refractivity contribution in [2.75, 3.05) is 5.32 Å². The van der Waals surface area contributed by atoms with Crippen LogP contribution in [0.25, 0.3) is 0 Å². The van der Waals surface area contributed by atoms with Crippen molar-refractivity contribution in [3.05, 3.63) is 23.9 Å². The normalized spacial score (nSPS) is 14.2. The highest BCUT2D eigenvalue weighted by atomic mass is 16.4. The predicted molar refractivity (Wildman–Crippen MR) is 56.4 cm³/mol. The number of carboxylic acids is 1. The summed E-state index contributed by atoms with van der Waals surface area (Å²) in [6.45, 7) is 0. The molecule has 0 saturated heterocycles. The molecule has 6 nitrogen and oxygen atoms in total. The minimum Gasteiger partial charge on any atom is -0.478 e. The fourth-order valence-electron chi connectivity index (χ4n) is 1.16. The Morgan fingerprint density at radius 3 is 2.62 bits per heavy atom. The van der Waals surface area contributed by atoms with Gasteiger partial charge in [-0.15, -0.1) is 0 Å². The van der Waals surface area contributed by atoms with Crippen LogP contribution in [0.3, 0.4) is 0 Å². The number of nitrogens with one attached hydrogen (secondary N) is 2. The van der Waals surface area contributed by atoms with Gasteiger partial charge in [-0.3, -0.25) is 5.32 Å². The molecule has 1 aliphatic carbocycles. The van der Waals surface area contributed by atoms with Crippen LogP contribution < -0.4 is 10.6 Å². The molecule has 2 rings (SSSR count). The zero-order valence-corrected chi connectivity index (χ0v) is 8.43. The van der Waals surface area contributed by atoms with E-state index in [4.69, 9.17) is 5.11 Å². The minimum absolute atomic E-state index is 0.0909. The molecule has 0 aliphatic heterocycles. The number of hydrogen-bond donors (Lipinski definition) is 3. The van der Waals surface area contributed by atoms with E-state index in [1.54, 1.807) is 0 Å². The quantitative estimate of drug-likeness (QED) is 0.711. The minimum atomic E-state index is -1.04. The molecule has 1 aliphatic rings. The van der Waals surface area contributed by atoms with Gasteiger partial charge in [-0.25, -0.2) is 14.6 Å². The van der Waals surface area contributed by atoms with Gasteiger partial charge in [0, 0.05) is 12.2 Å². The summed E-state index contributed by atoms with van der Waals surface area (Å²) >= 11 is 0. The number of pyridine rings is 1. The summed E-state index contributed by atoms with van der Waals surface area (Å²) in [6.07, 6.45) is 3.23. The third kappa shape index (κ3) is 2.69. The van der Waals surface area contributed by atoms with Crippen LogP contribution in [0, 0.1) is 0 Å². The largest absolute Gasteiger partial charge is 0.478 e. The smallest absolute Gasteiger partial charge is 0.337 e. The summed E-state index contributed by atoms with van der Waals surface area (Å²) in [6, 6.07) is 2.81. The van der Waals surface area contributed by atoms with Gasteiger partial charge in [0.25, 0.3) is 0 Å². The Balaban J connectivity index is 1.93. The number of aromatic carboxylic acids is 1. The lowest BCUT2D eigenvalue weighted by atomic mass is 10.3. The number of anilines is 1. The van der Waals surface area contributed by atoms with Gasteiger partial charge in [-0.2, -0.15) is 0 Å². The van der Waals surface area contributed by atoms with Crippen LogP contribution >= 0.6 is 0 Å². The number of carboxylic acid groups (broad SMARTS) is 1. The van der Waals surface area contributed by atoms with Crippen molar-refractivity contribution >= 4 is 17.8 Å². The lowest BCUT2D eigenvalue weighted by Gasteiger charge is -2.05. The lowest BCUT2D eigenvalue weighted by Crippen LogP contribution is -2.30. The lowest BCUT2D eigenvalue weighted by molar-refractivity contribution is 0.0696. The molecule has 84 valence electrons. The molecular formula is C10H11N3O3. The average Bonchev–Trinajstić information content (AvgIpc) is 3.02. The maximum atomic E-state index is 11.3. The van der Waals surface area contributed by atoms with Crippen molar-refractivity contribution in [1.29, 1.82) is 0 Å². The number of urea groups is 1. The summed E-state index contributed by atoms with van der Waals surface area (Å²) < 4.78 is 0. The SMILES string of the molecule is O=C(Nc1ccc(C(=O)O)cn1)NC1CC1. The molecule has 6 heteroatoms. The molecule has 2 amide bonds. The van der Waals surface area contributed by atoms with Gasteiger partial charge in [-0.1, -0.05) is 0 Å². The van der Waals surface area contributed by atoms with E-state index in [9.17, 15) is 9.59 Å². The summed E-state index contributed by atoms with van der Waals surface area (Å²) in [5.41, 5.74) is 0.0909. The Kier molecular flexibility index (Phi) is 2.72. The van der Waals surface area contributed by atoms with Crippen LogP contribution in [0.4, 0.5) is 10.6 Å². The molecule has 0 atom stereocenters. The maximum absolute atomic E-state index is 11.3. The van der Waals surface area contributed by atoms with E-state index in [1.165, 1.54) is 18.3 Å². The highest BCUT2D eigenvalue weighted by Gasteiger charge is 2.23. The van der Waals surface area contributed by atoms with Crippen LogP contribution in [-0.2, 0) is 0 Å². The van der Waals surface area contributed by atoms with Crippen LogP contribution in [0.15, 0.2) is 18.3 Å². The zero-order valence-electron chi connectivity index (χ0n) is 8.43. The number of amides is 2. The van der Waals surface area contributed by atoms with E-state index in [0.29, 0.717) is 5.82 Å². The second-order valence-corrected chi connectivity index (χ2v) is 3.61. The van der Waals surface area contributed by atoms with E-state index in [1.807, 2.05) is 0 Å². The van der Waals surface area contributed by atoms with Gasteiger partial charge < -0.3 is 10.4 Å². The third-order valence-corrected chi connectivity index (χ3v) is 2.16. The van der Waals surface area contributed by atoms with Crippen LogP contribution in [0.2, 0.25) is 0 Å². The topological polar surface area (TPSA) is 91.3 Å². The molecule has 1 heterocycles. The van der Waals surface area contributed by atoms with E-state index in [2.05, 4.69) is 15.6 Å². The molecule has 0 spiro atoms. The molecule has 1 fully saturated rings. The summed E-state index contributed by atoms with van der Waals surface area (Å²) in [5.74, 6) is -0.704. The summed E-state index contributed by atoms with van der Waals surface area (Å²) in [4.78, 5) is 25.7. The highest BCUT2D eigenvalue weighted by molar-refractivity contribution is 5.90. The number of carbonyl (C=O) groups excluding carboxylic acids is 1. The van der Waals surface area contributed by atoms with E-state index in [-0.39, 0.29) is 17.6 Å². The molecule has 3 N–H and O–H groups in total. The number of hydrogen-bond acceptors (Lipinski definition) is 3. The van der Waals surface area contributed by atoms with Gasteiger partial charge >= 0.3 is 12.0 Å². The molecule has 1 aromatic heterocycles. The van der Waals surface area contributed by atoms with Crippen molar-refractivity contribution in [2.45, 2.75) is 18.9 Å². The van der Waals surface area contributed by atoms with Gasteiger partial charge in [-0.05, 0) is 25.0 Å². The van der Waals surface area contributed by atoms with Gasteiger partial charge in [0.15, 0.2) is 0 Å². The number of nitrogens with zero attached hydrogens (tertiary/aromatic N) is 1. The van der Waals surface area contributed by atoms with Crippen LogP contribution in [0.5, 0.6) is 0 Å². The zero-order chi connectivity index (χ0) is 11.5. The maximum Gasteiger partial charge on any atom is 0.337 e. The molecule has 0 bridgehead atoms. The highest BCUT2D eigenvalue weighted by Crippen LogP contribution is 2.18. The first kappa shape index (κ1) is 10.4. The van der Waals surface area contributed by atoms with Crippen LogP contribution in [0.1, 0.15) is 23.2 Å². The van der Waals surface area contributed by atoms with Gasteiger partial charge in [0.1, 0.15) is 5.82 Å². The first-order chi connectivity index (χ1) is 7.65. The molecule has 1 aromatic rings. The fourth-order valence-corrected chi connectivity index (χ4v) is 1.16. The number of rotatable bonds is 3. The van der Waals surface area contributed by atoms with Crippen molar-refractivity contribution in [3.63, 3.8) is 0 Å². The Labute approximate surface area is 91.7 Å². The van der Waals surface area contributed by atoms with Crippen molar-refractivity contribution < 1.29 is 14.7 Å². The van der Waals surface area contributed by atoms with E-state index in [0.717, 1.165) is 12.8 Å². The monoisotopic (exact) mass is 221 g/mol. The van der Waals surface area contributed by atoms with Gasteiger partial charge in [0.05, 0.1) is 5.56 Å². The Morgan fingerprint density at radius 1 is 1.38 bits per heavy atom. The first-order valence-corrected chi connectivity index (χ1v) is 4.92. The molecule has 0 aromatic carbocycles. The molecule has 1 saturated carbocycles. The van der Waals surface area contributed by atoms with Crippen molar-refractivity contribution in [1.82, 2.24) is 10.3 Å². The Hall–Kier alpha value is -2.11. The predicted octanol–water partition coefficient (Wildman–Crippen LogP) is 1.06. The average molecular weight is 221 g/mol. The molecular weight excluding hydrogens is 210 g/mol. The standard InChI is InChI=1S/C10H11N3O3/c14-9(15)6-1-4-8(11-5-6)13-10(16)12-7-2-3-7/h1,4-5,7H,2-3H2,(H,14,15)(H2,11,12,13,16). The van der Waals surface area contributed by atoms with Crippen molar-refractivity contribution in [2.24, 2.45) is 0 Å². The third-order valence-electron chi connectivity index (χ3n) is 2.16. The van der Waals surface area contributed by atoms with E-state index >= 15 is 0 Å². The Bertz CT molecular complexity index is 412. The fraction of sp³-hybridized carbons (Fsp3) is 0.300. The first-order valence-electron chi connectivity index (χ1n) is 4.92. The summed E-state index contributed by atoms with van der Waals surface area (Å²) in [5, 5.41) is 13.9. The second-order valence-electron chi connectivity index (χ2n) is 3.61. The number of aromatic nitrogens is 1. The molecule has 0 radical (unpaired) electrons. The number of carbonyl (C=O) groups is 2. The molecule has 16 heavy (non-hydrogen) atoms. The van der Waals surface area contributed by atoms with Crippen LogP contribution in [-0.4, -0.2) is 28.1 Å². The summed E-state index contributed by atoms with van der Waals surface area (Å²) in [7, 11) is 0. The van der Waals surface area contributed by atoms with Gasteiger partial charge in [0.2, 0.25) is 0 Å². The van der Waals surface area contributed by atoms with Crippen molar-refractivity contribution in [3.8, 4) is 0 Å². The molecule has 0 unspecified atom stereocenters. The second kappa shape index (κ2) is 4.18.